The van der Waals surface area contributed by atoms with E-state index in [0.717, 1.165) is 42.5 Å². The summed E-state index contributed by atoms with van der Waals surface area (Å²) in [5, 5.41) is 8.63. The normalized spacial score (nSPS) is 13.1. The number of halogens is 2. The van der Waals surface area contributed by atoms with Crippen LogP contribution in [0.25, 0.3) is 16.6 Å². The first-order valence-electron chi connectivity index (χ1n) is 11.7. The highest BCUT2D eigenvalue weighted by Gasteiger charge is 2.22. The number of nitrogen functional groups attached to an aromatic ring is 1. The standard InChI is InChI=1S/C27H22F2N6O2/c1-14-7-24(37-26-19(28)3-2-4-20(26)29)32-13-23(14)35-27(30)18(12-33-35)25(36)22-9-16-8-15-5-6-31-11-17(15)10-21(16)34-22/h2-4,7-10,12-13,31,34H,5-6,11,30H2,1H3. The maximum Gasteiger partial charge on any atom is 0.219 e. The van der Waals surface area contributed by atoms with E-state index in [9.17, 15) is 13.6 Å². The number of aromatic amines is 1. The minimum atomic E-state index is -0.836. The van der Waals surface area contributed by atoms with Gasteiger partial charge in [0.15, 0.2) is 11.6 Å². The van der Waals surface area contributed by atoms with Gasteiger partial charge < -0.3 is 20.8 Å². The third kappa shape index (κ3) is 4.01. The van der Waals surface area contributed by atoms with E-state index in [1.807, 2.05) is 6.07 Å². The SMILES string of the molecule is Cc1cc(Oc2c(F)cccc2F)ncc1-n1ncc(C(=O)c2cc3cc4c(cc3[nH]2)CNCC4)c1N. The van der Waals surface area contributed by atoms with Crippen LogP contribution in [0, 0.1) is 18.6 Å². The Morgan fingerprint density at radius 1 is 1.11 bits per heavy atom. The molecule has 0 bridgehead atoms. The summed E-state index contributed by atoms with van der Waals surface area (Å²) < 4.78 is 34.6. The van der Waals surface area contributed by atoms with Crippen LogP contribution in [-0.2, 0) is 13.0 Å². The number of fused-ring (bicyclic) bond motifs is 2. The minimum absolute atomic E-state index is 0.00301. The predicted molar refractivity (Wildman–Crippen MR) is 134 cm³/mol. The molecule has 3 aromatic heterocycles. The second kappa shape index (κ2) is 8.82. The van der Waals surface area contributed by atoms with E-state index in [4.69, 9.17) is 10.5 Å². The monoisotopic (exact) mass is 500 g/mol. The van der Waals surface area contributed by atoms with Gasteiger partial charge in [-0.3, -0.25) is 4.79 Å². The molecule has 0 aliphatic carbocycles. The number of nitrogens with zero attached hydrogens (tertiary/aromatic N) is 3. The van der Waals surface area contributed by atoms with E-state index >= 15 is 0 Å². The van der Waals surface area contributed by atoms with E-state index in [1.54, 1.807) is 6.92 Å². The number of carbonyl (C=O) groups is 1. The average molecular weight is 501 g/mol. The highest BCUT2D eigenvalue weighted by Crippen LogP contribution is 2.30. The van der Waals surface area contributed by atoms with Crippen molar-refractivity contribution in [3.63, 3.8) is 0 Å². The molecule has 0 radical (unpaired) electrons. The third-order valence-corrected chi connectivity index (χ3v) is 6.54. The number of nitrogens with two attached hydrogens (primary N) is 1. The molecule has 0 unspecified atom stereocenters. The van der Waals surface area contributed by atoms with Crippen LogP contribution >= 0.6 is 0 Å². The molecule has 0 fully saturated rings. The Morgan fingerprint density at radius 2 is 1.92 bits per heavy atom. The van der Waals surface area contributed by atoms with Gasteiger partial charge >= 0.3 is 0 Å². The quantitative estimate of drug-likeness (QED) is 0.305. The molecule has 10 heteroatoms. The number of benzene rings is 2. The predicted octanol–water partition coefficient (Wildman–Crippen LogP) is 4.59. The summed E-state index contributed by atoms with van der Waals surface area (Å²) >= 11 is 0. The highest BCUT2D eigenvalue weighted by molar-refractivity contribution is 6.12. The number of para-hydroxylation sites is 1. The maximum absolute atomic E-state index is 13.9. The van der Waals surface area contributed by atoms with Crippen LogP contribution in [0.1, 0.15) is 32.7 Å². The van der Waals surface area contributed by atoms with Gasteiger partial charge in [-0.1, -0.05) is 6.07 Å². The van der Waals surface area contributed by atoms with Crippen molar-refractivity contribution in [2.75, 3.05) is 12.3 Å². The molecule has 1 aliphatic heterocycles. The molecule has 0 saturated carbocycles. The van der Waals surface area contributed by atoms with Gasteiger partial charge in [-0.2, -0.15) is 5.10 Å². The number of pyridine rings is 1. The fraction of sp³-hybridized carbons (Fsp3) is 0.148. The molecule has 4 heterocycles. The molecule has 4 N–H and O–H groups in total. The first-order chi connectivity index (χ1) is 17.9. The van der Waals surface area contributed by atoms with E-state index in [-0.39, 0.29) is 23.0 Å². The van der Waals surface area contributed by atoms with Gasteiger partial charge in [-0.25, -0.2) is 18.4 Å². The Kier molecular flexibility index (Phi) is 5.45. The van der Waals surface area contributed by atoms with Gasteiger partial charge in [0.2, 0.25) is 17.4 Å². The van der Waals surface area contributed by atoms with Gasteiger partial charge in [0, 0.05) is 23.5 Å². The van der Waals surface area contributed by atoms with Crippen LogP contribution < -0.4 is 15.8 Å². The second-order valence-electron chi connectivity index (χ2n) is 8.96. The molecule has 0 saturated heterocycles. The number of carbonyl (C=O) groups excluding carboxylic acids is 1. The largest absolute Gasteiger partial charge is 0.433 e. The van der Waals surface area contributed by atoms with E-state index in [1.165, 1.54) is 40.3 Å². The summed E-state index contributed by atoms with van der Waals surface area (Å²) in [6, 6.07) is 11.0. The fourth-order valence-corrected chi connectivity index (χ4v) is 4.59. The smallest absolute Gasteiger partial charge is 0.219 e. The van der Waals surface area contributed by atoms with Crippen molar-refractivity contribution >= 4 is 22.5 Å². The van der Waals surface area contributed by atoms with Crippen LogP contribution in [-0.4, -0.2) is 32.1 Å². The maximum atomic E-state index is 13.9. The van der Waals surface area contributed by atoms with Crippen molar-refractivity contribution in [2.24, 2.45) is 0 Å². The van der Waals surface area contributed by atoms with Crippen molar-refractivity contribution in [2.45, 2.75) is 19.9 Å². The van der Waals surface area contributed by atoms with Crippen LogP contribution in [0.2, 0.25) is 0 Å². The highest BCUT2D eigenvalue weighted by atomic mass is 19.1. The van der Waals surface area contributed by atoms with Gasteiger partial charge in [-0.05, 0) is 66.9 Å². The number of H-pyrrole nitrogens is 1. The Hall–Kier alpha value is -4.57. The summed E-state index contributed by atoms with van der Waals surface area (Å²) in [5.41, 5.74) is 11.5. The van der Waals surface area contributed by atoms with Crippen LogP contribution in [0.5, 0.6) is 11.6 Å². The number of aryl methyl sites for hydroxylation is 1. The summed E-state index contributed by atoms with van der Waals surface area (Å²) in [4.78, 5) is 20.7. The third-order valence-electron chi connectivity index (χ3n) is 6.54. The lowest BCUT2D eigenvalue weighted by Gasteiger charge is -2.16. The van der Waals surface area contributed by atoms with Crippen molar-refractivity contribution < 1.29 is 18.3 Å². The van der Waals surface area contributed by atoms with Crippen molar-refractivity contribution in [1.82, 2.24) is 25.1 Å². The van der Waals surface area contributed by atoms with Gasteiger partial charge in [0.25, 0.3) is 0 Å². The Morgan fingerprint density at radius 3 is 2.70 bits per heavy atom. The molecular weight excluding hydrogens is 478 g/mol. The first-order valence-corrected chi connectivity index (χ1v) is 11.7. The zero-order valence-corrected chi connectivity index (χ0v) is 19.8. The molecule has 5 aromatic rings. The zero-order chi connectivity index (χ0) is 25.7. The minimum Gasteiger partial charge on any atom is -0.433 e. The molecule has 2 aromatic carbocycles. The zero-order valence-electron chi connectivity index (χ0n) is 19.8. The van der Waals surface area contributed by atoms with Gasteiger partial charge in [-0.15, -0.1) is 0 Å². The lowest BCUT2D eigenvalue weighted by atomic mass is 9.99. The molecule has 186 valence electrons. The lowest BCUT2D eigenvalue weighted by Crippen LogP contribution is -2.23. The molecule has 0 amide bonds. The van der Waals surface area contributed by atoms with E-state index in [2.05, 4.69) is 32.5 Å². The molecule has 0 atom stereocenters. The average Bonchev–Trinajstić information content (AvgIpc) is 3.47. The first kappa shape index (κ1) is 22.9. The summed E-state index contributed by atoms with van der Waals surface area (Å²) in [6.45, 7) is 3.49. The Labute approximate surface area is 210 Å². The molecule has 6 rings (SSSR count). The number of rotatable bonds is 5. The van der Waals surface area contributed by atoms with Crippen LogP contribution in [0.4, 0.5) is 14.6 Å². The van der Waals surface area contributed by atoms with Crippen molar-refractivity contribution in [1.29, 1.82) is 0 Å². The van der Waals surface area contributed by atoms with Gasteiger partial charge in [0.05, 0.1) is 29.3 Å². The second-order valence-corrected chi connectivity index (χ2v) is 8.96. The van der Waals surface area contributed by atoms with Crippen molar-refractivity contribution in [3.8, 4) is 17.3 Å². The molecule has 37 heavy (non-hydrogen) atoms. The molecule has 0 spiro atoms. The summed E-state index contributed by atoms with van der Waals surface area (Å²) in [6.07, 6.45) is 3.78. The Balaban J connectivity index is 1.29. The number of nitrogens with one attached hydrogen (secondary N) is 2. The number of ether oxygens (including phenoxy) is 1. The topological polar surface area (TPSA) is 111 Å². The summed E-state index contributed by atoms with van der Waals surface area (Å²) in [5.74, 6) is -2.34. The van der Waals surface area contributed by atoms with Crippen LogP contribution in [0.15, 0.2) is 54.9 Å². The van der Waals surface area contributed by atoms with E-state index in [0.29, 0.717) is 16.9 Å². The van der Waals surface area contributed by atoms with E-state index < -0.39 is 17.4 Å². The number of hydrogen-bond acceptors (Lipinski definition) is 6. The molecule has 8 nitrogen and oxygen atoms in total. The number of anilines is 1. The van der Waals surface area contributed by atoms with Gasteiger partial charge in [0.1, 0.15) is 5.82 Å². The lowest BCUT2D eigenvalue weighted by molar-refractivity contribution is 0.103. The fourth-order valence-electron chi connectivity index (χ4n) is 4.59. The van der Waals surface area contributed by atoms with Crippen LogP contribution in [0.3, 0.4) is 0 Å². The number of ketones is 1. The molecular formula is C27H22F2N6O2. The Bertz CT molecular complexity index is 1630. The molecule has 1 aliphatic rings. The summed E-state index contributed by atoms with van der Waals surface area (Å²) in [7, 11) is 0. The van der Waals surface area contributed by atoms with Crippen molar-refractivity contribution in [3.05, 3.63) is 94.4 Å². The number of hydrogen-bond donors (Lipinski definition) is 3. The number of aromatic nitrogens is 4.